The molecule has 0 atom stereocenters. The Hall–Kier alpha value is -4.67. The van der Waals surface area contributed by atoms with Crippen molar-refractivity contribution in [2.24, 2.45) is 0 Å². The van der Waals surface area contributed by atoms with Gasteiger partial charge in [-0.25, -0.2) is 9.67 Å². The van der Waals surface area contributed by atoms with Crippen LogP contribution in [0.2, 0.25) is 5.02 Å². The van der Waals surface area contributed by atoms with E-state index in [1.165, 1.54) is 0 Å². The Morgan fingerprint density at radius 2 is 1.92 bits per heavy atom. The van der Waals surface area contributed by atoms with Gasteiger partial charge in [-0.2, -0.15) is 10.4 Å². The number of halogens is 1. The Balaban J connectivity index is 1.65. The third-order valence-electron chi connectivity index (χ3n) is 5.72. The van der Waals surface area contributed by atoms with Crippen LogP contribution in [-0.2, 0) is 0 Å². The largest absolute Gasteiger partial charge is 0.492 e. The first kappa shape index (κ1) is 24.0. The Kier molecular flexibility index (Phi) is 6.84. The number of H-pyrrole nitrogens is 1. The van der Waals surface area contributed by atoms with Gasteiger partial charge in [-0.3, -0.25) is 4.79 Å². The number of fused-ring (bicyclic) bond motifs is 1. The summed E-state index contributed by atoms with van der Waals surface area (Å²) in [4.78, 5) is 19.9. The number of nitrogens with zero attached hydrogens (tertiary/aromatic N) is 4. The van der Waals surface area contributed by atoms with Crippen LogP contribution in [0.5, 0.6) is 5.75 Å². The molecule has 1 N–H and O–H groups in total. The number of ether oxygens (including phenoxy) is 1. The maximum absolute atomic E-state index is 12.6. The minimum atomic E-state index is -0.309. The summed E-state index contributed by atoms with van der Waals surface area (Å²) in [6, 6.07) is 24.3. The lowest BCUT2D eigenvalue weighted by Gasteiger charge is -2.08. The Morgan fingerprint density at radius 1 is 1.14 bits per heavy atom. The lowest BCUT2D eigenvalue weighted by atomic mass is 10.1. The minimum absolute atomic E-state index is 0.186. The molecule has 0 bridgehead atoms. The van der Waals surface area contributed by atoms with Gasteiger partial charge in [0.1, 0.15) is 17.5 Å². The smallest absolute Gasteiger partial charge is 0.259 e. The quantitative estimate of drug-likeness (QED) is 0.261. The number of hydrogen-bond donors (Lipinski definition) is 1. The third kappa shape index (κ3) is 5.01. The first-order valence-corrected chi connectivity index (χ1v) is 12.1. The standard InChI is InChI=1S/C29H22ClN5O2/c1-2-14-37-26-13-12-19(16-24(26)30)27-21(18-35(34-27)22-8-4-3-5-9-22)15-20(17-31)28-32-25-11-7-6-10-23(25)29(36)33-28/h3-13,15-16,18H,2,14H2,1H3,(H,32,33,36)/b20-15+. The van der Waals surface area contributed by atoms with Crippen LogP contribution in [0.25, 0.3) is 39.5 Å². The summed E-state index contributed by atoms with van der Waals surface area (Å²) in [7, 11) is 0. The first-order chi connectivity index (χ1) is 18.1. The summed E-state index contributed by atoms with van der Waals surface area (Å²) >= 11 is 6.52. The van der Waals surface area contributed by atoms with Crippen molar-refractivity contribution in [3.63, 3.8) is 0 Å². The van der Waals surface area contributed by atoms with E-state index in [0.29, 0.717) is 39.5 Å². The summed E-state index contributed by atoms with van der Waals surface area (Å²) in [5.74, 6) is 0.786. The molecule has 7 nitrogen and oxygen atoms in total. The number of nitriles is 1. The molecule has 0 spiro atoms. The highest BCUT2D eigenvalue weighted by atomic mass is 35.5. The van der Waals surface area contributed by atoms with Gasteiger partial charge in [0, 0.05) is 17.3 Å². The molecule has 2 aromatic heterocycles. The van der Waals surface area contributed by atoms with E-state index >= 15 is 0 Å². The van der Waals surface area contributed by atoms with Crippen molar-refractivity contribution in [1.29, 1.82) is 5.26 Å². The van der Waals surface area contributed by atoms with Crippen molar-refractivity contribution < 1.29 is 4.74 Å². The summed E-state index contributed by atoms with van der Waals surface area (Å²) in [6.45, 7) is 2.60. The van der Waals surface area contributed by atoms with Crippen LogP contribution in [-0.4, -0.2) is 26.4 Å². The van der Waals surface area contributed by atoms with Gasteiger partial charge in [0.15, 0.2) is 5.82 Å². The molecule has 37 heavy (non-hydrogen) atoms. The van der Waals surface area contributed by atoms with Crippen LogP contribution in [0, 0.1) is 11.3 Å². The van der Waals surface area contributed by atoms with E-state index in [1.807, 2.05) is 55.6 Å². The van der Waals surface area contributed by atoms with E-state index in [1.54, 1.807) is 41.1 Å². The van der Waals surface area contributed by atoms with Crippen LogP contribution in [0.1, 0.15) is 24.7 Å². The fourth-order valence-corrected chi connectivity index (χ4v) is 4.17. The van der Waals surface area contributed by atoms with Gasteiger partial charge in [-0.05, 0) is 55.0 Å². The summed E-state index contributed by atoms with van der Waals surface area (Å²) in [5.41, 5.74) is 3.29. The topological polar surface area (TPSA) is 96.6 Å². The highest BCUT2D eigenvalue weighted by Crippen LogP contribution is 2.33. The highest BCUT2D eigenvalue weighted by Gasteiger charge is 2.16. The van der Waals surface area contributed by atoms with E-state index in [4.69, 9.17) is 21.4 Å². The van der Waals surface area contributed by atoms with Crippen molar-refractivity contribution in [1.82, 2.24) is 19.7 Å². The van der Waals surface area contributed by atoms with Crippen LogP contribution < -0.4 is 10.3 Å². The zero-order valence-corrected chi connectivity index (χ0v) is 20.7. The van der Waals surface area contributed by atoms with Crippen molar-refractivity contribution in [2.45, 2.75) is 13.3 Å². The number of hydrogen-bond acceptors (Lipinski definition) is 5. The monoisotopic (exact) mass is 507 g/mol. The van der Waals surface area contributed by atoms with E-state index in [-0.39, 0.29) is 17.0 Å². The zero-order valence-electron chi connectivity index (χ0n) is 20.0. The second-order valence-electron chi connectivity index (χ2n) is 8.31. The summed E-state index contributed by atoms with van der Waals surface area (Å²) in [5, 5.41) is 15.7. The van der Waals surface area contributed by atoms with E-state index in [0.717, 1.165) is 17.7 Å². The molecule has 0 saturated carbocycles. The van der Waals surface area contributed by atoms with Crippen molar-refractivity contribution >= 4 is 34.2 Å². The molecule has 8 heteroatoms. The Morgan fingerprint density at radius 3 is 2.68 bits per heavy atom. The fraction of sp³-hybridized carbons (Fsp3) is 0.103. The number of benzene rings is 3. The van der Waals surface area contributed by atoms with E-state index < -0.39 is 0 Å². The lowest BCUT2D eigenvalue weighted by molar-refractivity contribution is 0.317. The lowest BCUT2D eigenvalue weighted by Crippen LogP contribution is -2.11. The Bertz CT molecular complexity index is 1710. The molecule has 0 radical (unpaired) electrons. The van der Waals surface area contributed by atoms with Gasteiger partial charge in [-0.1, -0.05) is 48.9 Å². The average molecular weight is 508 g/mol. The number of aromatic nitrogens is 4. The van der Waals surface area contributed by atoms with Crippen molar-refractivity contribution in [2.75, 3.05) is 6.61 Å². The molecular formula is C29H22ClN5O2. The van der Waals surface area contributed by atoms with Gasteiger partial charge in [0.05, 0.1) is 33.8 Å². The number of aromatic amines is 1. The molecule has 0 saturated heterocycles. The van der Waals surface area contributed by atoms with Gasteiger partial charge in [-0.15, -0.1) is 0 Å². The molecule has 5 rings (SSSR count). The normalized spacial score (nSPS) is 11.4. The number of para-hydroxylation sites is 2. The number of rotatable bonds is 7. The molecule has 2 heterocycles. The molecule has 0 aliphatic heterocycles. The molecule has 182 valence electrons. The summed E-state index contributed by atoms with van der Waals surface area (Å²) in [6.07, 6.45) is 4.37. The van der Waals surface area contributed by atoms with E-state index in [9.17, 15) is 10.1 Å². The van der Waals surface area contributed by atoms with Gasteiger partial charge in [0.2, 0.25) is 0 Å². The van der Waals surface area contributed by atoms with Crippen LogP contribution in [0.3, 0.4) is 0 Å². The SMILES string of the molecule is CCCOc1ccc(-c2nn(-c3ccccc3)cc2/C=C(\C#N)c2nc3ccccc3c(=O)[nH]2)cc1Cl. The molecular weight excluding hydrogens is 486 g/mol. The predicted octanol–water partition coefficient (Wildman–Crippen LogP) is 6.28. The van der Waals surface area contributed by atoms with Crippen LogP contribution in [0.4, 0.5) is 0 Å². The highest BCUT2D eigenvalue weighted by molar-refractivity contribution is 6.32. The van der Waals surface area contributed by atoms with Gasteiger partial charge >= 0.3 is 0 Å². The average Bonchev–Trinajstić information content (AvgIpc) is 3.35. The van der Waals surface area contributed by atoms with Crippen LogP contribution >= 0.6 is 11.6 Å². The molecule has 0 amide bonds. The minimum Gasteiger partial charge on any atom is -0.492 e. The fourth-order valence-electron chi connectivity index (χ4n) is 3.93. The second-order valence-corrected chi connectivity index (χ2v) is 8.72. The van der Waals surface area contributed by atoms with Gasteiger partial charge < -0.3 is 9.72 Å². The summed E-state index contributed by atoms with van der Waals surface area (Å²) < 4.78 is 7.45. The second kappa shape index (κ2) is 10.5. The first-order valence-electron chi connectivity index (χ1n) is 11.8. The zero-order chi connectivity index (χ0) is 25.8. The molecule has 5 aromatic rings. The van der Waals surface area contributed by atoms with Crippen LogP contribution in [0.15, 0.2) is 83.8 Å². The molecule has 0 unspecified atom stereocenters. The van der Waals surface area contributed by atoms with Crippen molar-refractivity contribution in [3.05, 3.63) is 106 Å². The maximum atomic E-state index is 12.6. The molecule has 3 aromatic carbocycles. The number of allylic oxidation sites excluding steroid dienone is 1. The molecule has 0 aliphatic carbocycles. The number of nitrogens with one attached hydrogen (secondary N) is 1. The Labute approximate surface area is 218 Å². The van der Waals surface area contributed by atoms with E-state index in [2.05, 4.69) is 16.0 Å². The predicted molar refractivity (Wildman–Crippen MR) is 146 cm³/mol. The van der Waals surface area contributed by atoms with Gasteiger partial charge in [0.25, 0.3) is 5.56 Å². The molecule has 0 aliphatic rings. The third-order valence-corrected chi connectivity index (χ3v) is 6.01. The maximum Gasteiger partial charge on any atom is 0.259 e. The van der Waals surface area contributed by atoms with Crippen molar-refractivity contribution in [3.8, 4) is 28.8 Å². The molecule has 0 fully saturated rings.